The first-order valence-electron chi connectivity index (χ1n) is 3.76. The summed E-state index contributed by atoms with van der Waals surface area (Å²) in [6.45, 7) is 0. The highest BCUT2D eigenvalue weighted by Crippen LogP contribution is 2.45. The summed E-state index contributed by atoms with van der Waals surface area (Å²) in [4.78, 5) is 0. The van der Waals surface area contributed by atoms with Crippen LogP contribution in [0.1, 0.15) is 24.3 Å². The van der Waals surface area contributed by atoms with Gasteiger partial charge in [-0.15, -0.1) is 0 Å². The van der Waals surface area contributed by atoms with Gasteiger partial charge in [-0.1, -0.05) is 12.1 Å². The predicted molar refractivity (Wildman–Crippen MR) is 47.8 cm³/mol. The van der Waals surface area contributed by atoms with Gasteiger partial charge in [0.1, 0.15) is 5.75 Å². The van der Waals surface area contributed by atoms with E-state index in [-0.39, 0.29) is 0 Å². The van der Waals surface area contributed by atoms with Gasteiger partial charge in [-0.25, -0.2) is 0 Å². The van der Waals surface area contributed by atoms with Crippen molar-refractivity contribution in [2.45, 2.75) is 18.8 Å². The maximum absolute atomic E-state index is 9.56. The maximum Gasteiger partial charge on any atom is 0.133 e. The van der Waals surface area contributed by atoms with Gasteiger partial charge < -0.3 is 5.11 Å². The van der Waals surface area contributed by atoms with Crippen LogP contribution in [0.5, 0.6) is 5.75 Å². The molecule has 1 N–H and O–H groups in total. The molecule has 1 fully saturated rings. The Kier molecular flexibility index (Phi) is 1.64. The van der Waals surface area contributed by atoms with Crippen molar-refractivity contribution < 1.29 is 5.11 Å². The predicted octanol–water partition coefficient (Wildman–Crippen LogP) is 3.03. The van der Waals surface area contributed by atoms with Crippen LogP contribution in [0.25, 0.3) is 0 Å². The second-order valence-electron chi connectivity index (χ2n) is 2.95. The van der Waals surface area contributed by atoms with Crippen LogP contribution in [0.2, 0.25) is 0 Å². The summed E-state index contributed by atoms with van der Waals surface area (Å²) in [7, 11) is 0. The number of rotatable bonds is 1. The zero-order valence-corrected chi connectivity index (χ0v) is 7.63. The Labute approximate surface area is 74.2 Å². The van der Waals surface area contributed by atoms with E-state index in [4.69, 9.17) is 0 Å². The minimum Gasteiger partial charge on any atom is -0.506 e. The molecule has 0 spiro atoms. The van der Waals surface area contributed by atoms with Gasteiger partial charge >= 0.3 is 0 Å². The Balaban J connectivity index is 2.45. The lowest BCUT2D eigenvalue weighted by Gasteiger charge is -2.02. The highest BCUT2D eigenvalue weighted by molar-refractivity contribution is 9.10. The van der Waals surface area contributed by atoms with Crippen molar-refractivity contribution in [3.05, 3.63) is 28.2 Å². The van der Waals surface area contributed by atoms with Gasteiger partial charge in [0.25, 0.3) is 0 Å². The first-order chi connectivity index (χ1) is 5.29. The maximum atomic E-state index is 9.56. The molecule has 0 aromatic heterocycles. The molecule has 0 bridgehead atoms. The number of hydrogen-bond donors (Lipinski definition) is 1. The fraction of sp³-hybridized carbons (Fsp3) is 0.333. The molecule has 1 aromatic rings. The van der Waals surface area contributed by atoms with Gasteiger partial charge in [-0.3, -0.25) is 0 Å². The highest BCUT2D eigenvalue weighted by atomic mass is 79.9. The molecular weight excluding hydrogens is 204 g/mol. The highest BCUT2D eigenvalue weighted by Gasteiger charge is 2.26. The monoisotopic (exact) mass is 212 g/mol. The van der Waals surface area contributed by atoms with Crippen LogP contribution in [0.15, 0.2) is 22.7 Å². The largest absolute Gasteiger partial charge is 0.506 e. The van der Waals surface area contributed by atoms with E-state index < -0.39 is 0 Å². The van der Waals surface area contributed by atoms with E-state index in [1.165, 1.54) is 12.8 Å². The van der Waals surface area contributed by atoms with Crippen molar-refractivity contribution in [1.29, 1.82) is 0 Å². The smallest absolute Gasteiger partial charge is 0.133 e. The summed E-state index contributed by atoms with van der Waals surface area (Å²) in [5.41, 5.74) is 1.10. The van der Waals surface area contributed by atoms with Crippen LogP contribution >= 0.6 is 15.9 Å². The number of benzene rings is 1. The van der Waals surface area contributed by atoms with Gasteiger partial charge in [0.2, 0.25) is 0 Å². The third-order valence-electron chi connectivity index (χ3n) is 2.04. The first-order valence-corrected chi connectivity index (χ1v) is 4.55. The lowest BCUT2D eigenvalue weighted by molar-refractivity contribution is 0.465. The fourth-order valence-electron chi connectivity index (χ4n) is 1.26. The molecule has 1 saturated carbocycles. The van der Waals surface area contributed by atoms with Gasteiger partial charge in [-0.05, 0) is 46.3 Å². The molecule has 0 amide bonds. The van der Waals surface area contributed by atoms with Crippen LogP contribution in [-0.4, -0.2) is 5.11 Å². The van der Waals surface area contributed by atoms with Crippen molar-refractivity contribution in [3.8, 4) is 5.75 Å². The van der Waals surface area contributed by atoms with Crippen molar-refractivity contribution in [2.75, 3.05) is 0 Å². The quantitative estimate of drug-likeness (QED) is 0.760. The summed E-state index contributed by atoms with van der Waals surface area (Å²) in [6.07, 6.45) is 2.45. The normalized spacial score (nSPS) is 16.8. The molecule has 0 aliphatic heterocycles. The number of phenols is 1. The SMILES string of the molecule is Oc1c(Br)cccc1C1CC1. The van der Waals surface area contributed by atoms with E-state index in [1.807, 2.05) is 18.2 Å². The van der Waals surface area contributed by atoms with Gasteiger partial charge in [0.05, 0.1) is 4.47 Å². The topological polar surface area (TPSA) is 20.2 Å². The minimum atomic E-state index is 0.426. The Hall–Kier alpha value is -0.500. The lowest BCUT2D eigenvalue weighted by atomic mass is 10.1. The molecule has 58 valence electrons. The Bertz CT molecular complexity index is 279. The average Bonchev–Trinajstić information content (AvgIpc) is 2.77. The van der Waals surface area contributed by atoms with E-state index in [0.29, 0.717) is 11.7 Å². The molecular formula is C9H9BrO. The number of para-hydroxylation sites is 1. The van der Waals surface area contributed by atoms with E-state index in [2.05, 4.69) is 15.9 Å². The van der Waals surface area contributed by atoms with Crippen molar-refractivity contribution >= 4 is 15.9 Å². The average molecular weight is 213 g/mol. The molecule has 1 nitrogen and oxygen atoms in total. The van der Waals surface area contributed by atoms with Crippen LogP contribution in [0, 0.1) is 0 Å². The number of phenolic OH excluding ortho intramolecular Hbond substituents is 1. The fourth-order valence-corrected chi connectivity index (χ4v) is 1.64. The summed E-state index contributed by atoms with van der Waals surface area (Å²) in [5.74, 6) is 1.04. The van der Waals surface area contributed by atoms with E-state index in [1.54, 1.807) is 0 Å². The Morgan fingerprint density at radius 2 is 2.09 bits per heavy atom. The zero-order chi connectivity index (χ0) is 7.84. The van der Waals surface area contributed by atoms with Gasteiger partial charge in [0.15, 0.2) is 0 Å². The number of halogens is 1. The summed E-state index contributed by atoms with van der Waals surface area (Å²) in [6, 6.07) is 5.83. The Morgan fingerprint density at radius 3 is 2.73 bits per heavy atom. The third-order valence-corrected chi connectivity index (χ3v) is 2.68. The zero-order valence-electron chi connectivity index (χ0n) is 6.05. The number of aromatic hydroxyl groups is 1. The molecule has 2 rings (SSSR count). The molecule has 2 heteroatoms. The summed E-state index contributed by atoms with van der Waals surface area (Å²) < 4.78 is 0.807. The second kappa shape index (κ2) is 2.52. The minimum absolute atomic E-state index is 0.426. The van der Waals surface area contributed by atoms with E-state index >= 15 is 0 Å². The lowest BCUT2D eigenvalue weighted by Crippen LogP contribution is -1.80. The van der Waals surface area contributed by atoms with E-state index in [0.717, 1.165) is 10.0 Å². The van der Waals surface area contributed by atoms with E-state index in [9.17, 15) is 5.11 Å². The second-order valence-corrected chi connectivity index (χ2v) is 3.81. The standard InChI is InChI=1S/C9H9BrO/c10-8-3-1-2-7(9(8)11)6-4-5-6/h1-3,6,11H,4-5H2. The molecule has 1 aliphatic carbocycles. The van der Waals surface area contributed by atoms with Crippen LogP contribution < -0.4 is 0 Å². The summed E-state index contributed by atoms with van der Waals surface area (Å²) >= 11 is 3.29. The molecule has 0 atom stereocenters. The first kappa shape index (κ1) is 7.17. The van der Waals surface area contributed by atoms with Gasteiger partial charge in [-0.2, -0.15) is 0 Å². The van der Waals surface area contributed by atoms with Crippen LogP contribution in [0.3, 0.4) is 0 Å². The summed E-state index contributed by atoms with van der Waals surface area (Å²) in [5, 5.41) is 9.56. The van der Waals surface area contributed by atoms with Crippen LogP contribution in [0.4, 0.5) is 0 Å². The third kappa shape index (κ3) is 1.27. The molecule has 0 unspecified atom stereocenters. The number of hydrogen-bond acceptors (Lipinski definition) is 1. The molecule has 0 saturated heterocycles. The van der Waals surface area contributed by atoms with Crippen LogP contribution in [-0.2, 0) is 0 Å². The van der Waals surface area contributed by atoms with Crippen molar-refractivity contribution in [2.24, 2.45) is 0 Å². The van der Waals surface area contributed by atoms with Gasteiger partial charge in [0, 0.05) is 0 Å². The van der Waals surface area contributed by atoms with Crippen molar-refractivity contribution in [1.82, 2.24) is 0 Å². The molecule has 1 aliphatic rings. The molecule has 11 heavy (non-hydrogen) atoms. The Morgan fingerprint density at radius 1 is 1.36 bits per heavy atom. The molecule has 0 heterocycles. The molecule has 0 radical (unpaired) electrons. The van der Waals surface area contributed by atoms with Crippen molar-refractivity contribution in [3.63, 3.8) is 0 Å². The molecule has 1 aromatic carbocycles.